The highest BCUT2D eigenvalue weighted by Crippen LogP contribution is 2.40. The molecule has 2 aliphatic rings. The standard InChI is InChI=1S/C34H32Cl2N4O4/c1-2-43-34(41)32-37-40(27-9-4-3-5-10-27)33(39(32)26-16-14-25(15-17-26)38-18-20-42-21-19-38)24-8-6-11-28(22-24)44-23-29-30(35)12-7-13-31(29)36/h3-17,22,33H,2,18-21,23H2,1H3. The topological polar surface area (TPSA) is 66.8 Å². The first-order valence-corrected chi connectivity index (χ1v) is 15.3. The normalized spacial score (nSPS) is 16.6. The van der Waals surface area contributed by atoms with Crippen LogP contribution in [0.15, 0.2) is 102 Å². The number of carbonyl (C=O) groups excluding carboxylic acids is 1. The van der Waals surface area contributed by atoms with Crippen molar-refractivity contribution in [3.8, 4) is 5.75 Å². The van der Waals surface area contributed by atoms with Gasteiger partial charge in [0.15, 0.2) is 6.17 Å². The summed E-state index contributed by atoms with van der Waals surface area (Å²) in [5.74, 6) is 0.307. The Kier molecular flexibility index (Phi) is 9.21. The monoisotopic (exact) mass is 630 g/mol. The van der Waals surface area contributed by atoms with Crippen molar-refractivity contribution in [3.05, 3.63) is 118 Å². The first-order chi connectivity index (χ1) is 21.5. The number of para-hydroxylation sites is 1. The van der Waals surface area contributed by atoms with E-state index < -0.39 is 12.1 Å². The van der Waals surface area contributed by atoms with Gasteiger partial charge in [0.1, 0.15) is 12.4 Å². The van der Waals surface area contributed by atoms with E-state index in [9.17, 15) is 4.79 Å². The number of esters is 1. The molecule has 8 nitrogen and oxygen atoms in total. The van der Waals surface area contributed by atoms with Crippen LogP contribution in [0.25, 0.3) is 0 Å². The van der Waals surface area contributed by atoms with Gasteiger partial charge in [0.25, 0.3) is 0 Å². The Balaban J connectivity index is 1.39. The SMILES string of the molecule is CCOC(=O)C1=NN(c2ccccc2)C(c2cccc(OCc3c(Cl)cccc3Cl)c2)N1c1ccc(N2CCOCC2)cc1. The number of hydrogen-bond acceptors (Lipinski definition) is 8. The highest BCUT2D eigenvalue weighted by Gasteiger charge is 2.41. The van der Waals surface area contributed by atoms with Crippen LogP contribution < -0.4 is 19.5 Å². The predicted molar refractivity (Wildman–Crippen MR) is 175 cm³/mol. The largest absolute Gasteiger partial charge is 0.489 e. The molecule has 1 fully saturated rings. The molecule has 0 bridgehead atoms. The van der Waals surface area contributed by atoms with Crippen molar-refractivity contribution < 1.29 is 19.0 Å². The van der Waals surface area contributed by atoms with Crippen LogP contribution >= 0.6 is 23.2 Å². The molecule has 0 amide bonds. The van der Waals surface area contributed by atoms with Gasteiger partial charge in [0.05, 0.1) is 25.5 Å². The molecule has 0 aromatic heterocycles. The Bertz CT molecular complexity index is 1610. The Labute approximate surface area is 266 Å². The summed E-state index contributed by atoms with van der Waals surface area (Å²) < 4.78 is 17.2. The fourth-order valence-corrected chi connectivity index (χ4v) is 5.84. The molecule has 4 aromatic carbocycles. The highest BCUT2D eigenvalue weighted by molar-refractivity contribution is 6.42. The molecule has 44 heavy (non-hydrogen) atoms. The van der Waals surface area contributed by atoms with Gasteiger partial charge in [0.2, 0.25) is 5.84 Å². The van der Waals surface area contributed by atoms with Crippen LogP contribution in [0.4, 0.5) is 17.1 Å². The third kappa shape index (κ3) is 6.33. The van der Waals surface area contributed by atoms with Gasteiger partial charge in [0, 0.05) is 45.6 Å². The third-order valence-electron chi connectivity index (χ3n) is 7.49. The van der Waals surface area contributed by atoms with Gasteiger partial charge in [-0.3, -0.25) is 4.90 Å². The van der Waals surface area contributed by atoms with Crippen LogP contribution in [0.5, 0.6) is 5.75 Å². The zero-order valence-corrected chi connectivity index (χ0v) is 25.7. The molecular weight excluding hydrogens is 599 g/mol. The second-order valence-corrected chi connectivity index (χ2v) is 11.1. The number of amidine groups is 1. The van der Waals surface area contributed by atoms with Crippen LogP contribution in [0.3, 0.4) is 0 Å². The van der Waals surface area contributed by atoms with Crippen LogP contribution in [-0.4, -0.2) is 44.7 Å². The van der Waals surface area contributed by atoms with E-state index in [4.69, 9.17) is 42.5 Å². The van der Waals surface area contributed by atoms with Crippen molar-refractivity contribution in [3.63, 3.8) is 0 Å². The van der Waals surface area contributed by atoms with Gasteiger partial charge in [-0.2, -0.15) is 0 Å². The average Bonchev–Trinajstić information content (AvgIpc) is 3.47. The van der Waals surface area contributed by atoms with Crippen molar-refractivity contribution in [2.45, 2.75) is 19.7 Å². The molecule has 2 heterocycles. The summed E-state index contributed by atoms with van der Waals surface area (Å²) in [6.07, 6.45) is -0.515. The maximum atomic E-state index is 13.4. The Hall–Kier alpha value is -4.24. The minimum absolute atomic E-state index is 0.189. The molecule has 1 unspecified atom stereocenters. The quantitative estimate of drug-likeness (QED) is 0.180. The van der Waals surface area contributed by atoms with E-state index in [1.807, 2.05) is 76.6 Å². The number of anilines is 3. The summed E-state index contributed by atoms with van der Waals surface area (Å²) in [5, 5.41) is 7.77. The zero-order chi connectivity index (χ0) is 30.5. The molecule has 1 atom stereocenters. The first kappa shape index (κ1) is 29.8. The second-order valence-electron chi connectivity index (χ2n) is 10.2. The number of benzene rings is 4. The summed E-state index contributed by atoms with van der Waals surface area (Å²) in [6.45, 7) is 5.27. The molecule has 0 radical (unpaired) electrons. The number of rotatable bonds is 9. The summed E-state index contributed by atoms with van der Waals surface area (Å²) in [4.78, 5) is 17.6. The number of nitrogens with zero attached hydrogens (tertiary/aromatic N) is 4. The highest BCUT2D eigenvalue weighted by atomic mass is 35.5. The fourth-order valence-electron chi connectivity index (χ4n) is 5.33. The van der Waals surface area contributed by atoms with Crippen molar-refractivity contribution in [2.24, 2.45) is 5.10 Å². The van der Waals surface area contributed by atoms with Crippen molar-refractivity contribution in [1.82, 2.24) is 0 Å². The number of ether oxygens (including phenoxy) is 3. The lowest BCUT2D eigenvalue weighted by Gasteiger charge is -2.33. The number of halogens is 2. The van der Waals surface area contributed by atoms with E-state index in [0.29, 0.717) is 34.6 Å². The maximum absolute atomic E-state index is 13.4. The zero-order valence-electron chi connectivity index (χ0n) is 24.2. The molecule has 226 valence electrons. The predicted octanol–water partition coefficient (Wildman–Crippen LogP) is 7.31. The summed E-state index contributed by atoms with van der Waals surface area (Å²) in [6, 6.07) is 31.0. The molecule has 2 aliphatic heterocycles. The number of morpholine rings is 1. The van der Waals surface area contributed by atoms with Crippen LogP contribution in [0, 0.1) is 0 Å². The number of hydrogen-bond donors (Lipinski definition) is 0. The Morgan fingerprint density at radius 2 is 1.55 bits per heavy atom. The van der Waals surface area contributed by atoms with Crippen LogP contribution in [0.2, 0.25) is 10.0 Å². The van der Waals surface area contributed by atoms with Gasteiger partial charge in [-0.15, -0.1) is 5.10 Å². The van der Waals surface area contributed by atoms with Crippen molar-refractivity contribution in [2.75, 3.05) is 47.7 Å². The van der Waals surface area contributed by atoms with E-state index in [1.165, 1.54) is 0 Å². The molecular formula is C34H32Cl2N4O4. The van der Waals surface area contributed by atoms with Gasteiger partial charge in [-0.25, -0.2) is 9.80 Å². The number of carbonyl (C=O) groups is 1. The van der Waals surface area contributed by atoms with E-state index in [2.05, 4.69) is 17.0 Å². The molecule has 0 spiro atoms. The van der Waals surface area contributed by atoms with Gasteiger partial charge >= 0.3 is 5.97 Å². The van der Waals surface area contributed by atoms with Crippen molar-refractivity contribution >= 4 is 52.1 Å². The first-order valence-electron chi connectivity index (χ1n) is 14.5. The summed E-state index contributed by atoms with van der Waals surface area (Å²) in [5.41, 5.74) is 4.28. The van der Waals surface area contributed by atoms with Gasteiger partial charge in [-0.05, 0) is 67.6 Å². The summed E-state index contributed by atoms with van der Waals surface area (Å²) in [7, 11) is 0. The van der Waals surface area contributed by atoms with Gasteiger partial charge in [-0.1, -0.05) is 59.6 Å². The molecule has 4 aromatic rings. The lowest BCUT2D eigenvalue weighted by molar-refractivity contribution is -0.135. The van der Waals surface area contributed by atoms with E-state index in [-0.39, 0.29) is 19.0 Å². The van der Waals surface area contributed by atoms with E-state index in [0.717, 1.165) is 35.7 Å². The Morgan fingerprint density at radius 1 is 0.864 bits per heavy atom. The third-order valence-corrected chi connectivity index (χ3v) is 8.20. The molecule has 0 aliphatic carbocycles. The van der Waals surface area contributed by atoms with Gasteiger partial charge < -0.3 is 19.1 Å². The second kappa shape index (κ2) is 13.6. The lowest BCUT2D eigenvalue weighted by Crippen LogP contribution is -2.39. The molecule has 6 rings (SSSR count). The smallest absolute Gasteiger partial charge is 0.376 e. The van der Waals surface area contributed by atoms with E-state index in [1.54, 1.807) is 25.1 Å². The molecule has 0 saturated carbocycles. The van der Waals surface area contributed by atoms with E-state index >= 15 is 0 Å². The fraction of sp³-hybridized carbons (Fsp3) is 0.235. The number of hydrazone groups is 1. The lowest BCUT2D eigenvalue weighted by atomic mass is 10.1. The average molecular weight is 632 g/mol. The van der Waals surface area contributed by atoms with Crippen molar-refractivity contribution in [1.29, 1.82) is 0 Å². The minimum Gasteiger partial charge on any atom is -0.489 e. The Morgan fingerprint density at radius 3 is 2.25 bits per heavy atom. The molecule has 10 heteroatoms. The minimum atomic E-state index is -0.515. The maximum Gasteiger partial charge on any atom is 0.376 e. The molecule has 0 N–H and O–H groups in total. The molecule has 1 saturated heterocycles. The summed E-state index contributed by atoms with van der Waals surface area (Å²) >= 11 is 12.8. The van der Waals surface area contributed by atoms with Crippen LogP contribution in [0.1, 0.15) is 24.2 Å². The van der Waals surface area contributed by atoms with Crippen LogP contribution in [-0.2, 0) is 20.9 Å².